The molecule has 1 aromatic rings. The highest BCUT2D eigenvalue weighted by Gasteiger charge is 2.17. The Balaban J connectivity index is 3.05. The van der Waals surface area contributed by atoms with Crippen molar-refractivity contribution >= 4 is 44.5 Å². The SMILES string of the molecule is COC(=O)Cc1nc(Br)c(C(F)F)cc1I. The summed E-state index contributed by atoms with van der Waals surface area (Å²) in [7, 11) is 1.26. The summed E-state index contributed by atoms with van der Waals surface area (Å²) < 4.78 is 30.1. The zero-order chi connectivity index (χ0) is 12.3. The minimum atomic E-state index is -2.59. The molecule has 0 aliphatic carbocycles. The zero-order valence-corrected chi connectivity index (χ0v) is 11.9. The van der Waals surface area contributed by atoms with Gasteiger partial charge in [-0.3, -0.25) is 4.79 Å². The van der Waals surface area contributed by atoms with E-state index in [2.05, 4.69) is 25.7 Å². The van der Waals surface area contributed by atoms with Crippen LogP contribution in [0.4, 0.5) is 8.78 Å². The van der Waals surface area contributed by atoms with Gasteiger partial charge in [-0.05, 0) is 44.6 Å². The standard InChI is InChI=1S/C9H7BrF2INO2/c1-16-7(15)3-6-5(13)2-4(9(11)12)8(10)14-6/h2,9H,3H2,1H3. The van der Waals surface area contributed by atoms with Gasteiger partial charge < -0.3 is 4.74 Å². The second-order valence-corrected chi connectivity index (χ2v) is 4.76. The maximum absolute atomic E-state index is 12.5. The fraction of sp³-hybridized carbons (Fsp3) is 0.333. The molecule has 0 N–H and O–H groups in total. The Hall–Kier alpha value is -0.310. The molecule has 0 saturated carbocycles. The second-order valence-electron chi connectivity index (χ2n) is 2.85. The molecule has 1 rings (SSSR count). The van der Waals surface area contributed by atoms with Crippen molar-refractivity contribution in [1.82, 2.24) is 4.98 Å². The molecular formula is C9H7BrF2INO2. The van der Waals surface area contributed by atoms with Crippen LogP contribution in [-0.4, -0.2) is 18.1 Å². The summed E-state index contributed by atoms with van der Waals surface area (Å²) in [6, 6.07) is 1.31. The monoisotopic (exact) mass is 405 g/mol. The van der Waals surface area contributed by atoms with Crippen molar-refractivity contribution < 1.29 is 18.3 Å². The second kappa shape index (κ2) is 5.85. The highest BCUT2D eigenvalue weighted by atomic mass is 127. The van der Waals surface area contributed by atoms with Gasteiger partial charge in [-0.25, -0.2) is 13.8 Å². The number of ether oxygens (including phenoxy) is 1. The summed E-state index contributed by atoms with van der Waals surface area (Å²) in [4.78, 5) is 14.9. The van der Waals surface area contributed by atoms with Gasteiger partial charge in [0.1, 0.15) is 4.60 Å². The van der Waals surface area contributed by atoms with E-state index in [9.17, 15) is 13.6 Å². The smallest absolute Gasteiger partial charge is 0.311 e. The number of hydrogen-bond donors (Lipinski definition) is 0. The van der Waals surface area contributed by atoms with E-state index in [0.29, 0.717) is 9.26 Å². The predicted octanol–water partition coefficient (Wildman–Crippen LogP) is 3.10. The van der Waals surface area contributed by atoms with Crippen molar-refractivity contribution in [3.63, 3.8) is 0 Å². The molecule has 88 valence electrons. The Labute approximate surface area is 113 Å². The number of methoxy groups -OCH3 is 1. The van der Waals surface area contributed by atoms with E-state index < -0.39 is 12.4 Å². The van der Waals surface area contributed by atoms with Gasteiger partial charge in [0.05, 0.1) is 24.8 Å². The minimum Gasteiger partial charge on any atom is -0.469 e. The fourth-order valence-corrected chi connectivity index (χ4v) is 2.15. The van der Waals surface area contributed by atoms with Crippen LogP contribution in [0, 0.1) is 3.57 Å². The Morgan fingerprint density at radius 3 is 2.81 bits per heavy atom. The van der Waals surface area contributed by atoms with E-state index in [1.165, 1.54) is 13.2 Å². The molecule has 0 bridgehead atoms. The van der Waals surface area contributed by atoms with Crippen molar-refractivity contribution in [3.05, 3.63) is 25.5 Å². The van der Waals surface area contributed by atoms with Crippen molar-refractivity contribution in [2.75, 3.05) is 7.11 Å². The summed E-state index contributed by atoms with van der Waals surface area (Å²) in [5.41, 5.74) is 0.238. The summed E-state index contributed by atoms with van der Waals surface area (Å²) in [6.45, 7) is 0. The van der Waals surface area contributed by atoms with Gasteiger partial charge in [0, 0.05) is 3.57 Å². The lowest BCUT2D eigenvalue weighted by molar-refractivity contribution is -0.139. The third kappa shape index (κ3) is 3.34. The number of aromatic nitrogens is 1. The summed E-state index contributed by atoms with van der Waals surface area (Å²) >= 11 is 4.81. The highest BCUT2D eigenvalue weighted by Crippen LogP contribution is 2.28. The minimum absolute atomic E-state index is 0.0309. The molecule has 16 heavy (non-hydrogen) atoms. The van der Waals surface area contributed by atoms with Gasteiger partial charge >= 0.3 is 5.97 Å². The Morgan fingerprint density at radius 1 is 1.69 bits per heavy atom. The van der Waals surface area contributed by atoms with E-state index in [-0.39, 0.29) is 16.6 Å². The van der Waals surface area contributed by atoms with Crippen molar-refractivity contribution in [3.8, 4) is 0 Å². The lowest BCUT2D eigenvalue weighted by atomic mass is 10.2. The number of carbonyl (C=O) groups excluding carboxylic acids is 1. The molecule has 0 fully saturated rings. The zero-order valence-electron chi connectivity index (χ0n) is 8.14. The molecule has 1 heterocycles. The molecule has 3 nitrogen and oxygen atoms in total. The lowest BCUT2D eigenvalue weighted by Gasteiger charge is -2.07. The highest BCUT2D eigenvalue weighted by molar-refractivity contribution is 14.1. The van der Waals surface area contributed by atoms with Crippen LogP contribution in [0.2, 0.25) is 0 Å². The van der Waals surface area contributed by atoms with E-state index in [1.54, 1.807) is 0 Å². The van der Waals surface area contributed by atoms with Crippen LogP contribution in [-0.2, 0) is 16.0 Å². The van der Waals surface area contributed by atoms with Crippen molar-refractivity contribution in [1.29, 1.82) is 0 Å². The maximum Gasteiger partial charge on any atom is 0.311 e. The van der Waals surface area contributed by atoms with Gasteiger partial charge in [0.15, 0.2) is 0 Å². The Kier molecular flexibility index (Phi) is 5.03. The van der Waals surface area contributed by atoms with Crippen LogP contribution in [0.25, 0.3) is 0 Å². The number of alkyl halides is 2. The summed E-state index contributed by atoms with van der Waals surface area (Å²) in [5, 5.41) is 0. The largest absolute Gasteiger partial charge is 0.469 e. The van der Waals surface area contributed by atoms with Crippen LogP contribution in [0.5, 0.6) is 0 Å². The molecule has 0 aromatic carbocycles. The van der Waals surface area contributed by atoms with Crippen LogP contribution >= 0.6 is 38.5 Å². The first-order valence-electron chi connectivity index (χ1n) is 4.15. The molecular weight excluding hydrogens is 399 g/mol. The Bertz CT molecular complexity index is 415. The van der Waals surface area contributed by atoms with Gasteiger partial charge in [-0.1, -0.05) is 0 Å². The van der Waals surface area contributed by atoms with Gasteiger partial charge in [-0.2, -0.15) is 0 Å². The lowest BCUT2D eigenvalue weighted by Crippen LogP contribution is -2.09. The maximum atomic E-state index is 12.5. The number of rotatable bonds is 3. The number of pyridine rings is 1. The molecule has 0 aliphatic rings. The molecule has 0 radical (unpaired) electrons. The molecule has 0 unspecified atom stereocenters. The van der Waals surface area contributed by atoms with Gasteiger partial charge in [-0.15, -0.1) is 0 Å². The van der Waals surface area contributed by atoms with E-state index in [0.717, 1.165) is 0 Å². The molecule has 1 aromatic heterocycles. The number of esters is 1. The summed E-state index contributed by atoms with van der Waals surface area (Å²) in [6.07, 6.45) is -2.63. The quantitative estimate of drug-likeness (QED) is 0.440. The molecule has 0 amide bonds. The first kappa shape index (κ1) is 13.8. The Morgan fingerprint density at radius 2 is 2.31 bits per heavy atom. The molecule has 0 aliphatic heterocycles. The van der Waals surface area contributed by atoms with E-state index in [4.69, 9.17) is 0 Å². The third-order valence-corrected chi connectivity index (χ3v) is 3.37. The van der Waals surface area contributed by atoms with Crippen LogP contribution in [0.3, 0.4) is 0 Å². The number of nitrogens with zero attached hydrogens (tertiary/aromatic N) is 1. The molecule has 0 atom stereocenters. The molecule has 7 heteroatoms. The van der Waals surface area contributed by atoms with Crippen LogP contribution < -0.4 is 0 Å². The first-order chi connectivity index (χ1) is 7.45. The average molecular weight is 406 g/mol. The first-order valence-corrected chi connectivity index (χ1v) is 6.02. The molecule has 0 saturated heterocycles. The van der Waals surface area contributed by atoms with Crippen molar-refractivity contribution in [2.45, 2.75) is 12.8 Å². The summed E-state index contributed by atoms with van der Waals surface area (Å²) in [5.74, 6) is -0.456. The van der Waals surface area contributed by atoms with E-state index >= 15 is 0 Å². The third-order valence-electron chi connectivity index (χ3n) is 1.80. The van der Waals surface area contributed by atoms with E-state index in [1.807, 2.05) is 22.6 Å². The van der Waals surface area contributed by atoms with Crippen LogP contribution in [0.1, 0.15) is 17.7 Å². The average Bonchev–Trinajstić information content (AvgIpc) is 2.22. The molecule has 0 spiro atoms. The normalized spacial score (nSPS) is 10.6. The van der Waals surface area contributed by atoms with Gasteiger partial charge in [0.25, 0.3) is 6.43 Å². The number of hydrogen-bond acceptors (Lipinski definition) is 3. The number of carbonyl (C=O) groups is 1. The van der Waals surface area contributed by atoms with Gasteiger partial charge in [0.2, 0.25) is 0 Å². The fourth-order valence-electron chi connectivity index (χ4n) is 1.00. The van der Waals surface area contributed by atoms with Crippen LogP contribution in [0.15, 0.2) is 10.7 Å². The predicted molar refractivity (Wildman–Crippen MR) is 65.3 cm³/mol. The van der Waals surface area contributed by atoms with Crippen molar-refractivity contribution in [2.24, 2.45) is 0 Å². The number of halogens is 4. The topological polar surface area (TPSA) is 39.2 Å².